The largest absolute Gasteiger partial charge is 0.506 e. The Morgan fingerprint density at radius 3 is 2.75 bits per heavy atom. The van der Waals surface area contributed by atoms with Crippen molar-refractivity contribution in [2.24, 2.45) is 0 Å². The highest BCUT2D eigenvalue weighted by Crippen LogP contribution is 2.30. The van der Waals surface area contributed by atoms with Gasteiger partial charge in [-0.25, -0.2) is 8.42 Å². The number of nitrogens with zero attached hydrogens (tertiary/aromatic N) is 3. The average Bonchev–Trinajstić information content (AvgIpc) is 3.10. The maximum Gasteiger partial charge on any atom is 0.243 e. The molecule has 4 rings (SSSR count). The zero-order valence-electron chi connectivity index (χ0n) is 16.0. The van der Waals surface area contributed by atoms with Crippen LogP contribution in [0, 0.1) is 6.92 Å². The molecule has 2 saturated heterocycles. The summed E-state index contributed by atoms with van der Waals surface area (Å²) in [6.45, 7) is 5.14. The summed E-state index contributed by atoms with van der Waals surface area (Å²) in [5.74, 6) is 0.177. The quantitative estimate of drug-likeness (QED) is 0.758. The number of pyridine rings is 1. The summed E-state index contributed by atoms with van der Waals surface area (Å²) in [6, 6.07) is 12.2. The minimum atomic E-state index is -3.49. The van der Waals surface area contributed by atoms with Crippen LogP contribution in [-0.2, 0) is 16.6 Å². The normalized spacial score (nSPS) is 25.1. The van der Waals surface area contributed by atoms with E-state index in [1.165, 1.54) is 0 Å². The molecule has 150 valence electrons. The van der Waals surface area contributed by atoms with E-state index in [1.807, 2.05) is 13.0 Å². The molecular weight excluding hydrogens is 376 g/mol. The van der Waals surface area contributed by atoms with E-state index in [-0.39, 0.29) is 17.8 Å². The molecule has 7 nitrogen and oxygen atoms in total. The molecule has 0 spiro atoms. The molecule has 28 heavy (non-hydrogen) atoms. The lowest BCUT2D eigenvalue weighted by Gasteiger charge is -2.39. The average molecular weight is 403 g/mol. The lowest BCUT2D eigenvalue weighted by Crippen LogP contribution is -2.57. The zero-order chi connectivity index (χ0) is 19.7. The van der Waals surface area contributed by atoms with Crippen LogP contribution in [0.2, 0.25) is 0 Å². The summed E-state index contributed by atoms with van der Waals surface area (Å²) in [7, 11) is -3.49. The number of nitrogens with one attached hydrogen (secondary N) is 1. The molecular formula is C20H26N4O3S. The third-order valence-electron chi connectivity index (χ3n) is 5.62. The van der Waals surface area contributed by atoms with Crippen LogP contribution in [0.1, 0.15) is 17.8 Å². The number of rotatable bonds is 6. The second-order valence-corrected chi connectivity index (χ2v) is 9.42. The summed E-state index contributed by atoms with van der Waals surface area (Å²) < 4.78 is 28.0. The minimum Gasteiger partial charge on any atom is -0.506 e. The van der Waals surface area contributed by atoms with E-state index in [4.69, 9.17) is 0 Å². The lowest BCUT2D eigenvalue weighted by atomic mass is 10.1. The third kappa shape index (κ3) is 3.77. The Hall–Kier alpha value is -2.00. The van der Waals surface area contributed by atoms with Gasteiger partial charge in [0.2, 0.25) is 10.0 Å². The van der Waals surface area contributed by atoms with Crippen LogP contribution in [0.15, 0.2) is 47.4 Å². The molecule has 1 aromatic carbocycles. The van der Waals surface area contributed by atoms with E-state index < -0.39 is 10.0 Å². The number of benzene rings is 1. The van der Waals surface area contributed by atoms with Gasteiger partial charge in [-0.1, -0.05) is 18.2 Å². The van der Waals surface area contributed by atoms with Crippen LogP contribution in [0.25, 0.3) is 0 Å². The molecule has 8 heteroatoms. The number of aromatic hydroxyl groups is 1. The Kier molecular flexibility index (Phi) is 5.37. The number of sulfonamides is 1. The lowest BCUT2D eigenvalue weighted by molar-refractivity contribution is 0.141. The second kappa shape index (κ2) is 7.79. The number of fused-ring (bicyclic) bond motifs is 2. The van der Waals surface area contributed by atoms with E-state index in [0.717, 1.165) is 25.2 Å². The number of piperazine rings is 1. The summed E-state index contributed by atoms with van der Waals surface area (Å²) in [5, 5.41) is 13.3. The van der Waals surface area contributed by atoms with Crippen molar-refractivity contribution in [2.45, 2.75) is 36.9 Å². The van der Waals surface area contributed by atoms with Gasteiger partial charge in [-0.15, -0.1) is 0 Å². The van der Waals surface area contributed by atoms with E-state index in [0.29, 0.717) is 30.2 Å². The summed E-state index contributed by atoms with van der Waals surface area (Å²) in [6.07, 6.45) is 0.864. The molecule has 2 fully saturated rings. The maximum atomic E-state index is 13.1. The molecule has 0 amide bonds. The number of aryl methyl sites for hydroxylation is 1. The molecule has 3 heterocycles. The van der Waals surface area contributed by atoms with Gasteiger partial charge in [0.05, 0.1) is 10.6 Å². The van der Waals surface area contributed by atoms with E-state index in [9.17, 15) is 13.5 Å². The van der Waals surface area contributed by atoms with Crippen molar-refractivity contribution in [1.29, 1.82) is 0 Å². The predicted molar refractivity (Wildman–Crippen MR) is 106 cm³/mol. The Bertz CT molecular complexity index is 936. The van der Waals surface area contributed by atoms with E-state index in [2.05, 4.69) is 15.2 Å². The van der Waals surface area contributed by atoms with Crippen LogP contribution in [0.3, 0.4) is 0 Å². The van der Waals surface area contributed by atoms with Gasteiger partial charge >= 0.3 is 0 Å². The molecule has 2 aliphatic rings. The zero-order valence-corrected chi connectivity index (χ0v) is 16.8. The van der Waals surface area contributed by atoms with Crippen LogP contribution in [-0.4, -0.2) is 66.0 Å². The van der Waals surface area contributed by atoms with E-state index >= 15 is 0 Å². The fraction of sp³-hybridized carbons (Fsp3) is 0.450. The summed E-state index contributed by atoms with van der Waals surface area (Å²) in [4.78, 5) is 7.08. The van der Waals surface area contributed by atoms with Gasteiger partial charge in [0.25, 0.3) is 0 Å². The first kappa shape index (κ1) is 19.3. The van der Waals surface area contributed by atoms with Crippen molar-refractivity contribution in [3.05, 3.63) is 53.9 Å². The SMILES string of the molecule is Cc1ccc(O)c(CNCC2CN(S(=O)(=O)c3ccccc3)C3CCN2C3)n1. The van der Waals surface area contributed by atoms with Gasteiger partial charge in [-0.3, -0.25) is 9.88 Å². The molecule has 0 saturated carbocycles. The van der Waals surface area contributed by atoms with Gasteiger partial charge < -0.3 is 10.4 Å². The molecule has 2 aliphatic heterocycles. The van der Waals surface area contributed by atoms with E-state index in [1.54, 1.807) is 40.7 Å². The van der Waals surface area contributed by atoms with Crippen molar-refractivity contribution >= 4 is 10.0 Å². The fourth-order valence-electron chi connectivity index (χ4n) is 4.11. The van der Waals surface area contributed by atoms with Gasteiger partial charge in [-0.05, 0) is 37.6 Å². The number of hydrogen-bond acceptors (Lipinski definition) is 6. The van der Waals surface area contributed by atoms with Crippen LogP contribution < -0.4 is 5.32 Å². The molecule has 1 aromatic heterocycles. The first-order valence-corrected chi connectivity index (χ1v) is 11.1. The highest BCUT2D eigenvalue weighted by Gasteiger charge is 2.43. The molecule has 2 bridgehead atoms. The predicted octanol–water partition coefficient (Wildman–Crippen LogP) is 1.33. The molecule has 2 aromatic rings. The fourth-order valence-corrected chi connectivity index (χ4v) is 5.82. The highest BCUT2D eigenvalue weighted by molar-refractivity contribution is 7.89. The molecule has 0 aliphatic carbocycles. The smallest absolute Gasteiger partial charge is 0.243 e. The monoisotopic (exact) mass is 402 g/mol. The molecule has 3 atom stereocenters. The highest BCUT2D eigenvalue weighted by atomic mass is 32.2. The van der Waals surface area contributed by atoms with Gasteiger partial charge in [0, 0.05) is 50.5 Å². The van der Waals surface area contributed by atoms with Crippen molar-refractivity contribution in [1.82, 2.24) is 19.5 Å². The number of aromatic nitrogens is 1. The second-order valence-electron chi connectivity index (χ2n) is 7.53. The Morgan fingerprint density at radius 2 is 1.96 bits per heavy atom. The standard InChI is InChI=1S/C20H26N4O3S/c1-15-7-8-20(25)19(22-15)12-21-11-17-14-24(16-9-10-23(17)13-16)28(26,27)18-5-3-2-4-6-18/h2-8,16-17,21,25H,9-14H2,1H3. The van der Waals surface area contributed by atoms with Crippen LogP contribution >= 0.6 is 0 Å². The molecule has 3 unspecified atom stereocenters. The van der Waals surface area contributed by atoms with Gasteiger partial charge in [0.1, 0.15) is 5.75 Å². The van der Waals surface area contributed by atoms with Crippen molar-refractivity contribution < 1.29 is 13.5 Å². The molecule has 2 N–H and O–H groups in total. The maximum absolute atomic E-state index is 13.1. The topological polar surface area (TPSA) is 85.8 Å². The van der Waals surface area contributed by atoms with Gasteiger partial charge in [-0.2, -0.15) is 4.31 Å². The molecule has 0 radical (unpaired) electrons. The Labute approximate surface area is 166 Å². The van der Waals surface area contributed by atoms with Gasteiger partial charge in [0.15, 0.2) is 0 Å². The van der Waals surface area contributed by atoms with Crippen LogP contribution in [0.4, 0.5) is 0 Å². The van der Waals surface area contributed by atoms with Crippen molar-refractivity contribution in [3.63, 3.8) is 0 Å². The van der Waals surface area contributed by atoms with Crippen molar-refractivity contribution in [3.8, 4) is 5.75 Å². The summed E-state index contributed by atoms with van der Waals surface area (Å²) in [5.41, 5.74) is 1.47. The first-order chi connectivity index (χ1) is 13.4. The minimum absolute atomic E-state index is 0.0453. The first-order valence-electron chi connectivity index (χ1n) is 9.62. The Morgan fingerprint density at radius 1 is 1.18 bits per heavy atom. The van der Waals surface area contributed by atoms with Crippen LogP contribution in [0.5, 0.6) is 5.75 Å². The van der Waals surface area contributed by atoms with Crippen molar-refractivity contribution in [2.75, 3.05) is 26.2 Å². The summed E-state index contributed by atoms with van der Waals surface area (Å²) >= 11 is 0. The number of hydrogen-bond donors (Lipinski definition) is 2. The third-order valence-corrected chi connectivity index (χ3v) is 7.55. The Balaban J connectivity index is 1.45.